The van der Waals surface area contributed by atoms with Crippen LogP contribution in [0.3, 0.4) is 0 Å². The van der Waals surface area contributed by atoms with E-state index in [0.717, 1.165) is 42.4 Å². The van der Waals surface area contributed by atoms with Crippen molar-refractivity contribution in [2.45, 2.75) is 44.6 Å². The van der Waals surface area contributed by atoms with Gasteiger partial charge in [0.05, 0.1) is 6.42 Å². The van der Waals surface area contributed by atoms with Crippen molar-refractivity contribution in [2.24, 2.45) is 0 Å². The fourth-order valence-corrected chi connectivity index (χ4v) is 3.99. The fraction of sp³-hybridized carbons (Fsp3) is 0.429. The van der Waals surface area contributed by atoms with Gasteiger partial charge in [0.2, 0.25) is 5.91 Å². The van der Waals surface area contributed by atoms with Gasteiger partial charge in [-0.1, -0.05) is 12.1 Å². The third kappa shape index (κ3) is 3.43. The number of rotatable bonds is 2. The van der Waals surface area contributed by atoms with Gasteiger partial charge in [0, 0.05) is 44.4 Å². The highest BCUT2D eigenvalue weighted by atomic mass is 19.1. The summed E-state index contributed by atoms with van der Waals surface area (Å²) < 4.78 is 19.7. The maximum Gasteiger partial charge on any atom is 0.227 e. The number of likely N-dealkylation sites (tertiary alicyclic amines) is 1. The second-order valence-corrected chi connectivity index (χ2v) is 7.47. The van der Waals surface area contributed by atoms with Crippen LogP contribution in [0.1, 0.15) is 36.0 Å². The van der Waals surface area contributed by atoms with Gasteiger partial charge in [-0.05, 0) is 42.5 Å². The van der Waals surface area contributed by atoms with Crippen LogP contribution < -0.4 is 4.74 Å². The molecule has 1 saturated heterocycles. The average Bonchev–Trinajstić information content (AvgIpc) is 2.62. The van der Waals surface area contributed by atoms with Gasteiger partial charge in [0.1, 0.15) is 17.2 Å². The van der Waals surface area contributed by atoms with E-state index < -0.39 is 0 Å². The highest BCUT2D eigenvalue weighted by Gasteiger charge is 2.40. The number of piperidine rings is 1. The van der Waals surface area contributed by atoms with Crippen molar-refractivity contribution in [3.63, 3.8) is 0 Å². The van der Waals surface area contributed by atoms with Crippen LogP contribution in [-0.4, -0.2) is 34.5 Å². The maximum atomic E-state index is 13.5. The van der Waals surface area contributed by atoms with Gasteiger partial charge in [-0.3, -0.25) is 9.78 Å². The molecule has 0 unspecified atom stereocenters. The molecule has 2 aliphatic heterocycles. The second-order valence-electron chi connectivity index (χ2n) is 7.47. The fourth-order valence-electron chi connectivity index (χ4n) is 3.99. The molecule has 0 N–H and O–H groups in total. The third-order valence-electron chi connectivity index (χ3n) is 5.52. The number of carbonyl (C=O) groups excluding carboxylic acids is 1. The Kier molecular flexibility index (Phi) is 4.39. The summed E-state index contributed by atoms with van der Waals surface area (Å²) in [5, 5.41) is 0. The molecule has 26 heavy (non-hydrogen) atoms. The number of halogens is 1. The van der Waals surface area contributed by atoms with Crippen LogP contribution in [0.15, 0.2) is 36.7 Å². The molecule has 1 aromatic heterocycles. The van der Waals surface area contributed by atoms with Crippen LogP contribution >= 0.6 is 0 Å². The van der Waals surface area contributed by atoms with Crippen LogP contribution in [0.4, 0.5) is 4.39 Å². The van der Waals surface area contributed by atoms with E-state index in [1.54, 1.807) is 12.4 Å². The van der Waals surface area contributed by atoms with Crippen molar-refractivity contribution in [1.82, 2.24) is 9.88 Å². The van der Waals surface area contributed by atoms with E-state index in [4.69, 9.17) is 4.74 Å². The zero-order chi connectivity index (χ0) is 18.1. The van der Waals surface area contributed by atoms with Crippen LogP contribution in [0.2, 0.25) is 0 Å². The number of ether oxygens (including phenoxy) is 1. The Morgan fingerprint density at radius 2 is 2.04 bits per heavy atom. The number of amides is 1. The normalized spacial score (nSPS) is 18.3. The first-order chi connectivity index (χ1) is 12.5. The average molecular weight is 354 g/mol. The zero-order valence-electron chi connectivity index (χ0n) is 15.0. The smallest absolute Gasteiger partial charge is 0.227 e. The summed E-state index contributed by atoms with van der Waals surface area (Å²) in [6.45, 7) is 3.35. The van der Waals surface area contributed by atoms with E-state index in [1.165, 1.54) is 12.1 Å². The van der Waals surface area contributed by atoms with Crippen molar-refractivity contribution in [2.75, 3.05) is 13.1 Å². The van der Waals surface area contributed by atoms with Crippen molar-refractivity contribution >= 4 is 5.91 Å². The van der Waals surface area contributed by atoms with Crippen LogP contribution in [-0.2, 0) is 17.6 Å². The van der Waals surface area contributed by atoms with Gasteiger partial charge in [0.25, 0.3) is 0 Å². The molecule has 136 valence electrons. The number of nitrogens with zero attached hydrogens (tertiary/aromatic N) is 2. The van der Waals surface area contributed by atoms with Crippen LogP contribution in [0.5, 0.6) is 5.75 Å². The summed E-state index contributed by atoms with van der Waals surface area (Å²) in [5.74, 6) is 0.538. The largest absolute Gasteiger partial charge is 0.487 e. The zero-order valence-corrected chi connectivity index (χ0v) is 15.0. The first kappa shape index (κ1) is 17.0. The van der Waals surface area contributed by atoms with Gasteiger partial charge in [-0.15, -0.1) is 0 Å². The lowest BCUT2D eigenvalue weighted by atomic mass is 9.83. The summed E-state index contributed by atoms with van der Waals surface area (Å²) in [5.41, 5.74) is 2.83. The summed E-state index contributed by atoms with van der Waals surface area (Å²) >= 11 is 0. The van der Waals surface area contributed by atoms with Gasteiger partial charge in [0.15, 0.2) is 0 Å². The van der Waals surface area contributed by atoms with E-state index in [2.05, 4.69) is 4.98 Å². The quantitative estimate of drug-likeness (QED) is 0.829. The highest BCUT2D eigenvalue weighted by molar-refractivity contribution is 5.78. The molecule has 3 heterocycles. The van der Waals surface area contributed by atoms with Crippen molar-refractivity contribution in [3.8, 4) is 5.75 Å². The summed E-state index contributed by atoms with van der Waals surface area (Å²) in [7, 11) is 0. The molecule has 1 spiro atoms. The molecular formula is C21H23FN2O2. The molecule has 0 aliphatic carbocycles. The number of benzene rings is 1. The predicted molar refractivity (Wildman–Crippen MR) is 96.6 cm³/mol. The van der Waals surface area contributed by atoms with Crippen molar-refractivity contribution in [1.29, 1.82) is 0 Å². The van der Waals surface area contributed by atoms with Crippen molar-refractivity contribution < 1.29 is 13.9 Å². The number of pyridine rings is 1. The van der Waals surface area contributed by atoms with E-state index in [9.17, 15) is 9.18 Å². The molecule has 1 amide bonds. The van der Waals surface area contributed by atoms with Gasteiger partial charge in [-0.2, -0.15) is 0 Å². The Bertz CT molecular complexity index is 829. The molecular weight excluding hydrogens is 331 g/mol. The SMILES string of the molecule is Cc1cncc(CC(=O)N2CCC3(CCc4ccc(F)cc4O3)CC2)c1. The minimum absolute atomic E-state index is 0.134. The Balaban J connectivity index is 1.39. The molecule has 2 aromatic rings. The number of fused-ring (bicyclic) bond motifs is 1. The molecule has 0 atom stereocenters. The van der Waals surface area contributed by atoms with Gasteiger partial charge in [-0.25, -0.2) is 4.39 Å². The summed E-state index contributed by atoms with van der Waals surface area (Å²) in [4.78, 5) is 18.7. The lowest BCUT2D eigenvalue weighted by Crippen LogP contribution is -2.51. The maximum absolute atomic E-state index is 13.5. The minimum Gasteiger partial charge on any atom is -0.487 e. The van der Waals surface area contributed by atoms with E-state index in [1.807, 2.05) is 24.0 Å². The number of aromatic nitrogens is 1. The first-order valence-electron chi connectivity index (χ1n) is 9.19. The molecule has 0 bridgehead atoms. The third-order valence-corrected chi connectivity index (χ3v) is 5.52. The van der Waals surface area contributed by atoms with Crippen molar-refractivity contribution in [3.05, 3.63) is 59.2 Å². The topological polar surface area (TPSA) is 42.4 Å². The molecule has 1 fully saturated rings. The number of aryl methyl sites for hydroxylation is 2. The highest BCUT2D eigenvalue weighted by Crippen LogP contribution is 2.39. The standard InChI is InChI=1S/C21H23FN2O2/c1-15-10-16(14-23-13-15)11-20(25)24-8-6-21(7-9-24)5-4-17-2-3-18(22)12-19(17)26-21/h2-3,10,12-14H,4-9,11H2,1H3. The van der Waals surface area contributed by atoms with Gasteiger partial charge >= 0.3 is 0 Å². The molecule has 0 radical (unpaired) electrons. The molecule has 2 aliphatic rings. The lowest BCUT2D eigenvalue weighted by Gasteiger charge is -2.44. The molecule has 4 nitrogen and oxygen atoms in total. The van der Waals surface area contributed by atoms with Gasteiger partial charge < -0.3 is 9.64 Å². The molecule has 0 saturated carbocycles. The Labute approximate surface area is 153 Å². The molecule has 5 heteroatoms. The second kappa shape index (κ2) is 6.71. The number of hydrogen-bond donors (Lipinski definition) is 0. The Morgan fingerprint density at radius 3 is 2.81 bits per heavy atom. The van der Waals surface area contributed by atoms with Crippen LogP contribution in [0.25, 0.3) is 0 Å². The molecule has 4 rings (SSSR count). The minimum atomic E-state index is -0.264. The Hall–Kier alpha value is -2.43. The first-order valence-corrected chi connectivity index (χ1v) is 9.19. The monoisotopic (exact) mass is 354 g/mol. The van der Waals surface area contributed by atoms with E-state index in [0.29, 0.717) is 25.3 Å². The number of carbonyl (C=O) groups is 1. The summed E-state index contributed by atoms with van der Waals surface area (Å²) in [6, 6.07) is 6.79. The number of hydrogen-bond acceptors (Lipinski definition) is 3. The lowest BCUT2D eigenvalue weighted by molar-refractivity contribution is -0.134. The summed E-state index contributed by atoms with van der Waals surface area (Å²) in [6.07, 6.45) is 7.35. The molecule has 1 aromatic carbocycles. The Morgan fingerprint density at radius 1 is 1.23 bits per heavy atom. The predicted octanol–water partition coefficient (Wildman–Crippen LogP) is 3.46. The van der Waals surface area contributed by atoms with E-state index in [-0.39, 0.29) is 17.3 Å². The van der Waals surface area contributed by atoms with Crippen LogP contribution in [0, 0.1) is 12.7 Å². The van der Waals surface area contributed by atoms with E-state index >= 15 is 0 Å².